The van der Waals surface area contributed by atoms with Crippen LogP contribution in [0.1, 0.15) is 17.4 Å². The SMILES string of the molecule is CCNC(=O)Nc1cccc(NC(=O)c2csc(-c3ccccc3Cl)n2)c1. The van der Waals surface area contributed by atoms with Crippen molar-refractivity contribution in [3.8, 4) is 10.6 Å². The van der Waals surface area contributed by atoms with Crippen molar-refractivity contribution in [2.75, 3.05) is 17.2 Å². The highest BCUT2D eigenvalue weighted by molar-refractivity contribution is 7.13. The smallest absolute Gasteiger partial charge is 0.319 e. The van der Waals surface area contributed by atoms with Gasteiger partial charge in [0.05, 0.1) is 5.02 Å². The lowest BCUT2D eigenvalue weighted by atomic mass is 10.2. The molecule has 3 N–H and O–H groups in total. The lowest BCUT2D eigenvalue weighted by Gasteiger charge is -2.08. The fraction of sp³-hybridized carbons (Fsp3) is 0.105. The van der Waals surface area contributed by atoms with E-state index in [2.05, 4.69) is 20.9 Å². The van der Waals surface area contributed by atoms with Crippen LogP contribution in [0.5, 0.6) is 0 Å². The number of urea groups is 1. The molecule has 0 unspecified atom stereocenters. The monoisotopic (exact) mass is 400 g/mol. The summed E-state index contributed by atoms with van der Waals surface area (Å²) in [5.41, 5.74) is 2.23. The van der Waals surface area contributed by atoms with Crippen LogP contribution in [0, 0.1) is 0 Å². The standard InChI is InChI=1S/C19H17ClN4O2S/c1-2-21-19(26)23-13-7-5-6-12(10-13)22-17(25)16-11-27-18(24-16)14-8-3-4-9-15(14)20/h3-11H,2H2,1H3,(H,22,25)(H2,21,23,26). The molecule has 0 aliphatic rings. The Kier molecular flexibility index (Phi) is 6.05. The molecule has 3 rings (SSSR count). The minimum atomic E-state index is -0.334. The van der Waals surface area contributed by atoms with Crippen LogP contribution in [0.25, 0.3) is 10.6 Å². The molecular weight excluding hydrogens is 384 g/mol. The van der Waals surface area contributed by atoms with Crippen molar-refractivity contribution < 1.29 is 9.59 Å². The Morgan fingerprint density at radius 1 is 1.07 bits per heavy atom. The number of rotatable bonds is 5. The van der Waals surface area contributed by atoms with Gasteiger partial charge in [0.1, 0.15) is 10.7 Å². The van der Waals surface area contributed by atoms with Gasteiger partial charge in [0, 0.05) is 28.9 Å². The third-order valence-electron chi connectivity index (χ3n) is 3.56. The van der Waals surface area contributed by atoms with Crippen molar-refractivity contribution in [2.24, 2.45) is 0 Å². The van der Waals surface area contributed by atoms with Gasteiger partial charge >= 0.3 is 6.03 Å². The van der Waals surface area contributed by atoms with Crippen LogP contribution in [-0.4, -0.2) is 23.5 Å². The summed E-state index contributed by atoms with van der Waals surface area (Å²) in [4.78, 5) is 28.5. The average molecular weight is 401 g/mol. The number of carbonyl (C=O) groups excluding carboxylic acids is 2. The molecule has 8 heteroatoms. The Morgan fingerprint density at radius 3 is 2.56 bits per heavy atom. The first-order valence-electron chi connectivity index (χ1n) is 8.23. The molecule has 0 bridgehead atoms. The van der Waals surface area contributed by atoms with Crippen molar-refractivity contribution in [1.29, 1.82) is 0 Å². The number of nitrogens with zero attached hydrogens (tertiary/aromatic N) is 1. The van der Waals surface area contributed by atoms with Gasteiger partial charge in [0.15, 0.2) is 0 Å². The van der Waals surface area contributed by atoms with Crippen molar-refractivity contribution in [3.05, 3.63) is 64.6 Å². The lowest BCUT2D eigenvalue weighted by molar-refractivity contribution is 0.102. The van der Waals surface area contributed by atoms with Gasteiger partial charge < -0.3 is 16.0 Å². The van der Waals surface area contributed by atoms with E-state index >= 15 is 0 Å². The molecular formula is C19H17ClN4O2S. The van der Waals surface area contributed by atoms with Crippen LogP contribution in [0.2, 0.25) is 5.02 Å². The number of nitrogens with one attached hydrogen (secondary N) is 3. The molecule has 0 aliphatic heterocycles. The van der Waals surface area contributed by atoms with E-state index in [9.17, 15) is 9.59 Å². The number of carbonyl (C=O) groups is 2. The third kappa shape index (κ3) is 4.84. The van der Waals surface area contributed by atoms with Crippen molar-refractivity contribution in [2.45, 2.75) is 6.92 Å². The quantitative estimate of drug-likeness (QED) is 0.572. The summed E-state index contributed by atoms with van der Waals surface area (Å²) in [5, 5.41) is 11.1. The average Bonchev–Trinajstić information content (AvgIpc) is 3.12. The molecule has 2 aromatic carbocycles. The summed E-state index contributed by atoms with van der Waals surface area (Å²) in [5.74, 6) is -0.334. The highest BCUT2D eigenvalue weighted by Gasteiger charge is 2.14. The number of hydrogen-bond donors (Lipinski definition) is 3. The molecule has 0 radical (unpaired) electrons. The molecule has 1 heterocycles. The number of benzene rings is 2. The largest absolute Gasteiger partial charge is 0.338 e. The van der Waals surface area contributed by atoms with E-state index in [1.54, 1.807) is 35.7 Å². The molecule has 0 atom stereocenters. The lowest BCUT2D eigenvalue weighted by Crippen LogP contribution is -2.28. The summed E-state index contributed by atoms with van der Waals surface area (Å²) in [7, 11) is 0. The molecule has 0 aliphatic carbocycles. The molecule has 27 heavy (non-hydrogen) atoms. The summed E-state index contributed by atoms with van der Waals surface area (Å²) in [6, 6.07) is 14.0. The zero-order valence-electron chi connectivity index (χ0n) is 14.5. The highest BCUT2D eigenvalue weighted by Crippen LogP contribution is 2.30. The minimum Gasteiger partial charge on any atom is -0.338 e. The first kappa shape index (κ1) is 18.9. The van der Waals surface area contributed by atoms with E-state index in [-0.39, 0.29) is 11.9 Å². The summed E-state index contributed by atoms with van der Waals surface area (Å²) < 4.78 is 0. The highest BCUT2D eigenvalue weighted by atomic mass is 35.5. The second-order valence-electron chi connectivity index (χ2n) is 5.54. The normalized spacial score (nSPS) is 10.3. The first-order chi connectivity index (χ1) is 13.1. The predicted octanol–water partition coefficient (Wildman–Crippen LogP) is 4.86. The van der Waals surface area contributed by atoms with E-state index in [4.69, 9.17) is 11.6 Å². The zero-order chi connectivity index (χ0) is 19.2. The van der Waals surface area contributed by atoms with E-state index < -0.39 is 0 Å². The fourth-order valence-corrected chi connectivity index (χ4v) is 3.46. The first-order valence-corrected chi connectivity index (χ1v) is 9.49. The van der Waals surface area contributed by atoms with Gasteiger partial charge in [-0.1, -0.05) is 35.9 Å². The van der Waals surface area contributed by atoms with Gasteiger partial charge in [-0.3, -0.25) is 4.79 Å². The molecule has 0 spiro atoms. The van der Waals surface area contributed by atoms with Crippen LogP contribution in [0.3, 0.4) is 0 Å². The van der Waals surface area contributed by atoms with Crippen LogP contribution in [0.4, 0.5) is 16.2 Å². The molecule has 138 valence electrons. The molecule has 3 amide bonds. The Morgan fingerprint density at radius 2 is 1.81 bits per heavy atom. The van der Waals surface area contributed by atoms with Crippen LogP contribution in [0.15, 0.2) is 53.9 Å². The Bertz CT molecular complexity index is 974. The summed E-state index contributed by atoms with van der Waals surface area (Å²) >= 11 is 7.54. The number of amides is 3. The van der Waals surface area contributed by atoms with Crippen LogP contribution >= 0.6 is 22.9 Å². The molecule has 6 nitrogen and oxygen atoms in total. The van der Waals surface area contributed by atoms with Crippen molar-refractivity contribution in [1.82, 2.24) is 10.3 Å². The maximum absolute atomic E-state index is 12.5. The number of halogens is 1. The van der Waals surface area contributed by atoms with Gasteiger partial charge in [-0.05, 0) is 31.2 Å². The van der Waals surface area contributed by atoms with Gasteiger partial charge in [0.25, 0.3) is 5.91 Å². The maximum atomic E-state index is 12.5. The second kappa shape index (κ2) is 8.66. The van der Waals surface area contributed by atoms with Gasteiger partial charge in [0.2, 0.25) is 0 Å². The summed E-state index contributed by atoms with van der Waals surface area (Å²) in [6.07, 6.45) is 0. The molecule has 0 saturated heterocycles. The van der Waals surface area contributed by atoms with Gasteiger partial charge in [-0.2, -0.15) is 0 Å². The van der Waals surface area contributed by atoms with Crippen LogP contribution < -0.4 is 16.0 Å². The van der Waals surface area contributed by atoms with Crippen molar-refractivity contribution >= 4 is 46.3 Å². The summed E-state index contributed by atoms with van der Waals surface area (Å²) in [6.45, 7) is 2.36. The Labute approximate surface area is 165 Å². The Balaban J connectivity index is 1.71. The maximum Gasteiger partial charge on any atom is 0.319 e. The number of hydrogen-bond acceptors (Lipinski definition) is 4. The number of aromatic nitrogens is 1. The topological polar surface area (TPSA) is 83.1 Å². The van der Waals surface area contributed by atoms with Gasteiger partial charge in [-0.15, -0.1) is 11.3 Å². The van der Waals surface area contributed by atoms with E-state index in [1.807, 2.05) is 25.1 Å². The molecule has 0 fully saturated rings. The second-order valence-corrected chi connectivity index (χ2v) is 6.80. The van der Waals surface area contributed by atoms with Gasteiger partial charge in [-0.25, -0.2) is 9.78 Å². The fourth-order valence-electron chi connectivity index (χ4n) is 2.34. The molecule has 3 aromatic rings. The van der Waals surface area contributed by atoms with E-state index in [1.165, 1.54) is 11.3 Å². The number of thiazole rings is 1. The van der Waals surface area contributed by atoms with Crippen molar-refractivity contribution in [3.63, 3.8) is 0 Å². The van der Waals surface area contributed by atoms with E-state index in [0.717, 1.165) is 5.56 Å². The minimum absolute atomic E-state index is 0.301. The van der Waals surface area contributed by atoms with E-state index in [0.29, 0.717) is 33.6 Å². The molecule has 0 saturated carbocycles. The zero-order valence-corrected chi connectivity index (χ0v) is 16.0. The molecule has 1 aromatic heterocycles. The van der Waals surface area contributed by atoms with Crippen LogP contribution in [-0.2, 0) is 0 Å². The Hall–Kier alpha value is -2.90. The third-order valence-corrected chi connectivity index (χ3v) is 4.76. The number of anilines is 2. The predicted molar refractivity (Wildman–Crippen MR) is 110 cm³/mol.